The molecule has 0 saturated heterocycles. The van der Waals surface area contributed by atoms with Crippen molar-refractivity contribution in [2.75, 3.05) is 27.9 Å². The first-order valence-electron chi connectivity index (χ1n) is 10.3. The zero-order chi connectivity index (χ0) is 25.2. The molecule has 3 aromatic rings. The molecule has 0 atom stereocenters. The maximum absolute atomic E-state index is 12.7. The summed E-state index contributed by atoms with van der Waals surface area (Å²) in [5.41, 5.74) is 3.11. The van der Waals surface area contributed by atoms with Crippen molar-refractivity contribution in [3.05, 3.63) is 76.3 Å². The molecule has 0 radical (unpaired) electrons. The van der Waals surface area contributed by atoms with Crippen molar-refractivity contribution in [3.8, 4) is 28.7 Å². The van der Waals surface area contributed by atoms with Crippen LogP contribution in [0.15, 0.2) is 70.2 Å². The first kappa shape index (κ1) is 25.6. The largest absolute Gasteiger partial charge is 0.493 e. The summed E-state index contributed by atoms with van der Waals surface area (Å²) >= 11 is 3.38. The highest BCUT2D eigenvalue weighted by Crippen LogP contribution is 2.29. The van der Waals surface area contributed by atoms with Crippen LogP contribution in [-0.2, 0) is 4.79 Å². The zero-order valence-electron chi connectivity index (χ0n) is 19.2. The fourth-order valence-corrected chi connectivity index (χ4v) is 3.30. The SMILES string of the molecule is COc1ccc(C(=O)Oc2ccc(Br)cc2/C=N\NC(=O)COc2ccccc2OC)cc1OC. The van der Waals surface area contributed by atoms with Gasteiger partial charge in [-0.05, 0) is 48.5 Å². The minimum atomic E-state index is -0.600. The number of nitrogens with zero attached hydrogens (tertiary/aromatic N) is 1. The molecule has 0 aliphatic rings. The molecule has 0 aliphatic carbocycles. The van der Waals surface area contributed by atoms with Gasteiger partial charge >= 0.3 is 5.97 Å². The van der Waals surface area contributed by atoms with Gasteiger partial charge in [0, 0.05) is 10.0 Å². The summed E-state index contributed by atoms with van der Waals surface area (Å²) in [5.74, 6) is 1.01. The lowest BCUT2D eigenvalue weighted by atomic mass is 10.2. The number of halogens is 1. The molecule has 0 unspecified atom stereocenters. The molecular formula is C25H23BrN2O7. The number of benzene rings is 3. The quantitative estimate of drug-likeness (QED) is 0.177. The lowest BCUT2D eigenvalue weighted by molar-refractivity contribution is -0.123. The minimum Gasteiger partial charge on any atom is -0.493 e. The van der Waals surface area contributed by atoms with Crippen LogP contribution in [0.2, 0.25) is 0 Å². The maximum atomic E-state index is 12.7. The number of ether oxygens (including phenoxy) is 5. The van der Waals surface area contributed by atoms with Crippen LogP contribution in [0.4, 0.5) is 0 Å². The fourth-order valence-electron chi connectivity index (χ4n) is 2.92. The van der Waals surface area contributed by atoms with Gasteiger partial charge in [-0.1, -0.05) is 28.1 Å². The Balaban J connectivity index is 1.66. The van der Waals surface area contributed by atoms with E-state index < -0.39 is 11.9 Å². The molecule has 3 rings (SSSR count). The van der Waals surface area contributed by atoms with Crippen molar-refractivity contribution in [1.82, 2.24) is 5.43 Å². The summed E-state index contributed by atoms with van der Waals surface area (Å²) in [7, 11) is 4.50. The van der Waals surface area contributed by atoms with E-state index in [4.69, 9.17) is 23.7 Å². The Morgan fingerprint density at radius 3 is 2.23 bits per heavy atom. The minimum absolute atomic E-state index is 0.247. The molecule has 0 saturated carbocycles. The second-order valence-corrected chi connectivity index (χ2v) is 7.79. The summed E-state index contributed by atoms with van der Waals surface area (Å²) in [6, 6.07) is 16.7. The normalized spacial score (nSPS) is 10.5. The van der Waals surface area contributed by atoms with E-state index in [1.54, 1.807) is 54.6 Å². The molecule has 9 nitrogen and oxygen atoms in total. The molecule has 0 fully saturated rings. The van der Waals surface area contributed by atoms with Crippen LogP contribution >= 0.6 is 15.9 Å². The molecule has 0 heterocycles. The highest BCUT2D eigenvalue weighted by atomic mass is 79.9. The van der Waals surface area contributed by atoms with Gasteiger partial charge in [0.2, 0.25) is 0 Å². The Morgan fingerprint density at radius 1 is 0.857 bits per heavy atom. The number of nitrogens with one attached hydrogen (secondary N) is 1. The second-order valence-electron chi connectivity index (χ2n) is 6.87. The van der Waals surface area contributed by atoms with Crippen LogP contribution in [0.1, 0.15) is 15.9 Å². The number of carbonyl (C=O) groups is 2. The molecule has 0 spiro atoms. The molecule has 10 heteroatoms. The average Bonchev–Trinajstić information content (AvgIpc) is 2.88. The van der Waals surface area contributed by atoms with E-state index in [1.807, 2.05) is 0 Å². The van der Waals surface area contributed by atoms with Crippen LogP contribution in [0, 0.1) is 0 Å². The van der Waals surface area contributed by atoms with Crippen molar-refractivity contribution in [2.45, 2.75) is 0 Å². The Kier molecular flexibility index (Phi) is 9.08. The Labute approximate surface area is 210 Å². The average molecular weight is 543 g/mol. The van der Waals surface area contributed by atoms with E-state index in [-0.39, 0.29) is 17.9 Å². The highest BCUT2D eigenvalue weighted by molar-refractivity contribution is 9.10. The van der Waals surface area contributed by atoms with E-state index in [1.165, 1.54) is 33.6 Å². The number of hydrogen-bond donors (Lipinski definition) is 1. The third kappa shape index (κ3) is 6.97. The topological polar surface area (TPSA) is 105 Å². The van der Waals surface area contributed by atoms with Gasteiger partial charge in [0.25, 0.3) is 5.91 Å². The van der Waals surface area contributed by atoms with Crippen LogP contribution in [0.5, 0.6) is 28.7 Å². The van der Waals surface area contributed by atoms with E-state index >= 15 is 0 Å². The molecule has 1 N–H and O–H groups in total. The lowest BCUT2D eigenvalue weighted by Gasteiger charge is -2.11. The monoisotopic (exact) mass is 542 g/mol. The smallest absolute Gasteiger partial charge is 0.343 e. The predicted molar refractivity (Wildman–Crippen MR) is 133 cm³/mol. The van der Waals surface area contributed by atoms with Crippen molar-refractivity contribution >= 4 is 34.0 Å². The van der Waals surface area contributed by atoms with E-state index in [9.17, 15) is 9.59 Å². The van der Waals surface area contributed by atoms with Gasteiger partial charge in [-0.2, -0.15) is 5.10 Å². The van der Waals surface area contributed by atoms with Crippen molar-refractivity contribution in [2.24, 2.45) is 5.10 Å². The van der Waals surface area contributed by atoms with Gasteiger partial charge in [-0.3, -0.25) is 4.79 Å². The Hall–Kier alpha value is -4.05. The molecule has 1 amide bonds. The molecule has 0 bridgehead atoms. The number of amides is 1. The number of methoxy groups -OCH3 is 3. The predicted octanol–water partition coefficient (Wildman–Crippen LogP) is 4.22. The van der Waals surface area contributed by atoms with Crippen LogP contribution in [0.3, 0.4) is 0 Å². The Morgan fingerprint density at radius 2 is 1.51 bits per heavy atom. The number of hydrazone groups is 1. The maximum Gasteiger partial charge on any atom is 0.343 e. The lowest BCUT2D eigenvalue weighted by Crippen LogP contribution is -2.24. The van der Waals surface area contributed by atoms with Crippen LogP contribution in [0.25, 0.3) is 0 Å². The number of hydrogen-bond acceptors (Lipinski definition) is 8. The number of carbonyl (C=O) groups excluding carboxylic acids is 2. The first-order chi connectivity index (χ1) is 16.9. The third-order valence-corrected chi connectivity index (χ3v) is 5.11. The van der Waals surface area contributed by atoms with E-state index in [0.717, 1.165) is 4.47 Å². The van der Waals surface area contributed by atoms with Crippen LogP contribution < -0.4 is 29.1 Å². The molecule has 0 aromatic heterocycles. The Bertz CT molecular complexity index is 1230. The van der Waals surface area contributed by atoms with Crippen molar-refractivity contribution < 1.29 is 33.3 Å². The van der Waals surface area contributed by atoms with Gasteiger partial charge in [0.15, 0.2) is 29.6 Å². The van der Waals surface area contributed by atoms with E-state index in [0.29, 0.717) is 28.6 Å². The fraction of sp³-hybridized carbons (Fsp3) is 0.160. The molecule has 0 aliphatic heterocycles. The second kappa shape index (κ2) is 12.4. The first-order valence-corrected chi connectivity index (χ1v) is 11.1. The zero-order valence-corrected chi connectivity index (χ0v) is 20.8. The number of esters is 1. The van der Waals surface area contributed by atoms with Gasteiger partial charge in [0.1, 0.15) is 5.75 Å². The standard InChI is InChI=1S/C25H23BrN2O7/c1-31-20-6-4-5-7-22(20)34-15-24(29)28-27-14-17-12-18(26)9-11-19(17)35-25(30)16-8-10-21(32-2)23(13-16)33-3/h4-14H,15H2,1-3H3,(H,28,29)/b27-14-. The highest BCUT2D eigenvalue weighted by Gasteiger charge is 2.15. The van der Waals surface area contributed by atoms with Crippen molar-refractivity contribution in [1.29, 1.82) is 0 Å². The summed E-state index contributed by atoms with van der Waals surface area (Å²) < 4.78 is 27.4. The molecule has 3 aromatic carbocycles. The van der Waals surface area contributed by atoms with Gasteiger partial charge < -0.3 is 23.7 Å². The summed E-state index contributed by atoms with van der Waals surface area (Å²) in [5, 5.41) is 3.94. The summed E-state index contributed by atoms with van der Waals surface area (Å²) in [6.07, 6.45) is 1.36. The molecule has 35 heavy (non-hydrogen) atoms. The number of para-hydroxylation sites is 2. The van der Waals surface area contributed by atoms with Crippen LogP contribution in [-0.4, -0.2) is 46.0 Å². The van der Waals surface area contributed by atoms with Gasteiger partial charge in [-0.15, -0.1) is 0 Å². The molecule has 182 valence electrons. The van der Waals surface area contributed by atoms with Crippen molar-refractivity contribution in [3.63, 3.8) is 0 Å². The van der Waals surface area contributed by atoms with E-state index in [2.05, 4.69) is 26.5 Å². The van der Waals surface area contributed by atoms with Gasteiger partial charge in [-0.25, -0.2) is 10.2 Å². The molecular weight excluding hydrogens is 520 g/mol. The summed E-state index contributed by atoms with van der Waals surface area (Å²) in [4.78, 5) is 24.8. The third-order valence-electron chi connectivity index (χ3n) is 4.61. The van der Waals surface area contributed by atoms with Gasteiger partial charge in [0.05, 0.1) is 33.1 Å². The summed E-state index contributed by atoms with van der Waals surface area (Å²) in [6.45, 7) is -0.267. The number of rotatable bonds is 10.